The summed E-state index contributed by atoms with van der Waals surface area (Å²) in [4.78, 5) is 2.24. The largest absolute Gasteiger partial charge is 0.486 e. The van der Waals surface area contributed by atoms with E-state index in [0.29, 0.717) is 19.1 Å². The number of nitrogens with one attached hydrogen (secondary N) is 1. The van der Waals surface area contributed by atoms with Gasteiger partial charge in [0.15, 0.2) is 11.5 Å². The number of likely N-dealkylation sites (tertiary alicyclic amines) is 1. The Kier molecular flexibility index (Phi) is 6.49. The first-order chi connectivity index (χ1) is 14.5. The summed E-state index contributed by atoms with van der Waals surface area (Å²) in [5, 5.41) is 3.50. The van der Waals surface area contributed by atoms with E-state index in [1.54, 1.807) is 6.07 Å². The van der Waals surface area contributed by atoms with Crippen molar-refractivity contribution in [1.82, 2.24) is 10.2 Å². The van der Waals surface area contributed by atoms with E-state index in [2.05, 4.69) is 10.2 Å². The molecular weight excluding hydrogens is 393 g/mol. The number of hydrogen-bond donors (Lipinski definition) is 1. The van der Waals surface area contributed by atoms with Crippen LogP contribution in [0.4, 0.5) is 13.2 Å². The fourth-order valence-electron chi connectivity index (χ4n) is 4.06. The fourth-order valence-corrected chi connectivity index (χ4v) is 4.06. The lowest BCUT2D eigenvalue weighted by atomic mass is 9.96. The smallest absolute Gasteiger partial charge is 0.416 e. The van der Waals surface area contributed by atoms with Crippen LogP contribution in [0.25, 0.3) is 0 Å². The number of fused-ring (bicyclic) bond motifs is 1. The molecule has 1 saturated heterocycles. The van der Waals surface area contributed by atoms with Crippen molar-refractivity contribution in [2.24, 2.45) is 5.92 Å². The summed E-state index contributed by atoms with van der Waals surface area (Å²) in [5.74, 6) is 2.15. The normalized spacial score (nSPS) is 20.3. The molecule has 1 N–H and O–H groups in total. The predicted molar refractivity (Wildman–Crippen MR) is 109 cm³/mol. The van der Waals surface area contributed by atoms with Crippen LogP contribution in [0.5, 0.6) is 11.5 Å². The zero-order valence-corrected chi connectivity index (χ0v) is 16.8. The van der Waals surface area contributed by atoms with Crippen LogP contribution in [0.2, 0.25) is 0 Å². The molecule has 30 heavy (non-hydrogen) atoms. The molecular formula is C23H27F3N2O2. The SMILES string of the molecule is FC(F)(F)c1cccc(CN2CCC(CNCC3COc4ccccc4O3)CC2)c1. The molecule has 2 aromatic carbocycles. The molecule has 1 unspecified atom stereocenters. The van der Waals surface area contributed by atoms with E-state index in [0.717, 1.165) is 62.1 Å². The number of nitrogens with zero attached hydrogens (tertiary/aromatic N) is 1. The maximum atomic E-state index is 12.9. The third-order valence-electron chi connectivity index (χ3n) is 5.74. The minimum absolute atomic E-state index is 0.000832. The number of benzene rings is 2. The topological polar surface area (TPSA) is 33.7 Å². The Morgan fingerprint density at radius 1 is 0.967 bits per heavy atom. The molecule has 0 bridgehead atoms. The molecule has 7 heteroatoms. The molecule has 2 aliphatic heterocycles. The number of para-hydroxylation sites is 2. The van der Waals surface area contributed by atoms with Crippen LogP contribution >= 0.6 is 0 Å². The van der Waals surface area contributed by atoms with Gasteiger partial charge in [-0.05, 0) is 62.2 Å². The van der Waals surface area contributed by atoms with E-state index in [9.17, 15) is 13.2 Å². The quantitative estimate of drug-likeness (QED) is 0.754. The predicted octanol–water partition coefficient (Wildman–Crippen LogP) is 4.35. The lowest BCUT2D eigenvalue weighted by Gasteiger charge is -2.33. The van der Waals surface area contributed by atoms with E-state index >= 15 is 0 Å². The summed E-state index contributed by atoms with van der Waals surface area (Å²) in [6.45, 7) is 4.56. The summed E-state index contributed by atoms with van der Waals surface area (Å²) >= 11 is 0. The van der Waals surface area contributed by atoms with Gasteiger partial charge in [-0.3, -0.25) is 4.90 Å². The molecule has 0 spiro atoms. The second-order valence-corrected chi connectivity index (χ2v) is 8.07. The highest BCUT2D eigenvalue weighted by atomic mass is 19.4. The van der Waals surface area contributed by atoms with Gasteiger partial charge in [-0.15, -0.1) is 0 Å². The zero-order chi connectivity index (χ0) is 21.0. The van der Waals surface area contributed by atoms with Crippen LogP contribution in [0.15, 0.2) is 48.5 Å². The van der Waals surface area contributed by atoms with E-state index in [-0.39, 0.29) is 6.10 Å². The van der Waals surface area contributed by atoms with Gasteiger partial charge in [-0.25, -0.2) is 0 Å². The average Bonchev–Trinajstić information content (AvgIpc) is 2.74. The molecule has 0 aliphatic carbocycles. The Morgan fingerprint density at radius 3 is 2.50 bits per heavy atom. The highest BCUT2D eigenvalue weighted by Crippen LogP contribution is 2.31. The van der Waals surface area contributed by atoms with E-state index < -0.39 is 11.7 Å². The first kappa shape index (κ1) is 21.0. The van der Waals surface area contributed by atoms with Crippen molar-refractivity contribution in [1.29, 1.82) is 0 Å². The van der Waals surface area contributed by atoms with Crippen molar-refractivity contribution in [3.8, 4) is 11.5 Å². The van der Waals surface area contributed by atoms with Crippen LogP contribution in [0, 0.1) is 5.92 Å². The highest BCUT2D eigenvalue weighted by Gasteiger charge is 2.30. The first-order valence-electron chi connectivity index (χ1n) is 10.4. The van der Waals surface area contributed by atoms with Crippen molar-refractivity contribution in [2.45, 2.75) is 31.7 Å². The Balaban J connectivity index is 1.17. The summed E-state index contributed by atoms with van der Waals surface area (Å²) in [6.07, 6.45) is -2.21. The molecule has 0 radical (unpaired) electrons. The minimum Gasteiger partial charge on any atom is -0.486 e. The van der Waals surface area contributed by atoms with Crippen LogP contribution in [0.3, 0.4) is 0 Å². The number of rotatable bonds is 6. The summed E-state index contributed by atoms with van der Waals surface area (Å²) in [7, 11) is 0. The maximum Gasteiger partial charge on any atom is 0.416 e. The van der Waals surface area contributed by atoms with Gasteiger partial charge in [-0.1, -0.05) is 30.3 Å². The Morgan fingerprint density at radius 2 is 1.73 bits per heavy atom. The summed E-state index contributed by atoms with van der Waals surface area (Å²) in [6, 6.07) is 13.3. The lowest BCUT2D eigenvalue weighted by molar-refractivity contribution is -0.137. The number of ether oxygens (including phenoxy) is 2. The average molecular weight is 420 g/mol. The summed E-state index contributed by atoms with van der Waals surface area (Å²) < 4.78 is 50.4. The molecule has 0 amide bonds. The molecule has 4 nitrogen and oxygen atoms in total. The van der Waals surface area contributed by atoms with Gasteiger partial charge < -0.3 is 14.8 Å². The first-order valence-corrected chi connectivity index (χ1v) is 10.4. The highest BCUT2D eigenvalue weighted by molar-refractivity contribution is 5.40. The molecule has 1 fully saturated rings. The Bertz CT molecular complexity index is 835. The molecule has 2 aliphatic rings. The van der Waals surface area contributed by atoms with Gasteiger partial charge in [0, 0.05) is 13.1 Å². The molecule has 2 aromatic rings. The lowest BCUT2D eigenvalue weighted by Crippen LogP contribution is -2.42. The molecule has 162 valence electrons. The van der Waals surface area contributed by atoms with E-state index in [4.69, 9.17) is 9.47 Å². The number of piperidine rings is 1. The third kappa shape index (κ3) is 5.46. The molecule has 1 atom stereocenters. The molecule has 4 rings (SSSR count). The Hall–Kier alpha value is -2.25. The van der Waals surface area contributed by atoms with E-state index in [1.807, 2.05) is 24.3 Å². The van der Waals surface area contributed by atoms with Crippen LogP contribution in [-0.2, 0) is 12.7 Å². The van der Waals surface area contributed by atoms with Gasteiger partial charge in [-0.2, -0.15) is 13.2 Å². The minimum atomic E-state index is -4.29. The second kappa shape index (κ2) is 9.27. The molecule has 0 saturated carbocycles. The van der Waals surface area contributed by atoms with Crippen molar-refractivity contribution in [3.05, 3.63) is 59.7 Å². The van der Waals surface area contributed by atoms with Gasteiger partial charge in [0.25, 0.3) is 0 Å². The van der Waals surface area contributed by atoms with Crippen molar-refractivity contribution in [3.63, 3.8) is 0 Å². The van der Waals surface area contributed by atoms with Gasteiger partial charge >= 0.3 is 6.18 Å². The van der Waals surface area contributed by atoms with Crippen LogP contribution < -0.4 is 14.8 Å². The number of alkyl halides is 3. The van der Waals surface area contributed by atoms with Gasteiger partial charge in [0.2, 0.25) is 0 Å². The summed E-state index contributed by atoms with van der Waals surface area (Å²) in [5.41, 5.74) is 0.145. The third-order valence-corrected chi connectivity index (χ3v) is 5.74. The number of hydrogen-bond acceptors (Lipinski definition) is 4. The fraction of sp³-hybridized carbons (Fsp3) is 0.478. The van der Waals surface area contributed by atoms with Crippen molar-refractivity contribution >= 4 is 0 Å². The maximum absolute atomic E-state index is 12.9. The van der Waals surface area contributed by atoms with E-state index in [1.165, 1.54) is 12.1 Å². The second-order valence-electron chi connectivity index (χ2n) is 8.07. The standard InChI is InChI=1S/C23H27F3N2O2/c24-23(25,26)19-5-3-4-18(12-19)15-28-10-8-17(9-11-28)13-27-14-20-16-29-21-6-1-2-7-22(21)30-20/h1-7,12,17,20,27H,8-11,13-16H2. The van der Waals surface area contributed by atoms with Gasteiger partial charge in [0.1, 0.15) is 12.7 Å². The Labute approximate surface area is 175 Å². The number of halogens is 3. The van der Waals surface area contributed by atoms with Gasteiger partial charge in [0.05, 0.1) is 5.56 Å². The molecule has 2 heterocycles. The molecule has 0 aromatic heterocycles. The van der Waals surface area contributed by atoms with Crippen molar-refractivity contribution < 1.29 is 22.6 Å². The monoisotopic (exact) mass is 420 g/mol. The zero-order valence-electron chi connectivity index (χ0n) is 16.8. The van der Waals surface area contributed by atoms with Crippen LogP contribution in [0.1, 0.15) is 24.0 Å². The van der Waals surface area contributed by atoms with Crippen molar-refractivity contribution in [2.75, 3.05) is 32.8 Å². The van der Waals surface area contributed by atoms with Crippen LogP contribution in [-0.4, -0.2) is 43.8 Å².